The van der Waals surface area contributed by atoms with Gasteiger partial charge in [-0.15, -0.1) is 0 Å². The number of carbonyl (C=O) groups is 1. The molecular weight excluding hydrogens is 360 g/mol. The summed E-state index contributed by atoms with van der Waals surface area (Å²) in [6, 6.07) is 7.99. The third-order valence-corrected chi connectivity index (χ3v) is 4.84. The fraction of sp³-hybridized carbons (Fsp3) is 0.333. The highest BCUT2D eigenvalue weighted by atomic mass is 16.7. The molecule has 0 amide bonds. The molecule has 1 aromatic carbocycles. The number of benzene rings is 1. The quantitative estimate of drug-likeness (QED) is 0.643. The van der Waals surface area contributed by atoms with E-state index in [-0.39, 0.29) is 5.69 Å². The Labute approximate surface area is 162 Å². The zero-order valence-electron chi connectivity index (χ0n) is 16.3. The Bertz CT molecular complexity index is 1050. The summed E-state index contributed by atoms with van der Waals surface area (Å²) in [4.78, 5) is 16.5. The lowest BCUT2D eigenvalue weighted by Gasteiger charge is -2.34. The van der Waals surface area contributed by atoms with Gasteiger partial charge in [0.25, 0.3) is 0 Å². The molecule has 1 aliphatic rings. The SMILES string of the molecule is COC(=O)c1ncc(Cn2ccc3cc(OC)ccc32)c2c1OC(C)(C)OC2. The van der Waals surface area contributed by atoms with Gasteiger partial charge in [-0.3, -0.25) is 0 Å². The maximum Gasteiger partial charge on any atom is 0.360 e. The molecule has 0 radical (unpaired) electrons. The van der Waals surface area contributed by atoms with Crippen molar-refractivity contribution in [3.63, 3.8) is 0 Å². The molecule has 28 heavy (non-hydrogen) atoms. The minimum absolute atomic E-state index is 0.166. The molecule has 0 atom stereocenters. The lowest BCUT2D eigenvalue weighted by atomic mass is 10.1. The molecule has 0 spiro atoms. The topological polar surface area (TPSA) is 71.8 Å². The summed E-state index contributed by atoms with van der Waals surface area (Å²) in [7, 11) is 2.98. The van der Waals surface area contributed by atoms with Crippen LogP contribution in [0.4, 0.5) is 0 Å². The van der Waals surface area contributed by atoms with Crippen LogP contribution in [0.1, 0.15) is 35.5 Å². The smallest absolute Gasteiger partial charge is 0.360 e. The minimum atomic E-state index is -0.841. The zero-order valence-corrected chi connectivity index (χ0v) is 16.3. The van der Waals surface area contributed by atoms with Crippen LogP contribution < -0.4 is 9.47 Å². The average molecular weight is 382 g/mol. The summed E-state index contributed by atoms with van der Waals surface area (Å²) in [5, 5.41) is 1.08. The number of hydrogen-bond acceptors (Lipinski definition) is 6. The monoisotopic (exact) mass is 382 g/mol. The van der Waals surface area contributed by atoms with Crippen LogP contribution in [0, 0.1) is 0 Å². The molecule has 146 valence electrons. The standard InChI is InChI=1S/C21H22N2O5/c1-21(2)27-12-16-14(10-22-18(19(16)28-21)20(24)26-4)11-23-8-7-13-9-15(25-3)5-6-17(13)23/h5-10H,11-12H2,1-4H3. The fourth-order valence-electron chi connectivity index (χ4n) is 3.36. The normalized spacial score (nSPS) is 15.0. The van der Waals surface area contributed by atoms with Crippen molar-refractivity contribution in [3.8, 4) is 11.5 Å². The summed E-state index contributed by atoms with van der Waals surface area (Å²) >= 11 is 0. The van der Waals surface area contributed by atoms with Gasteiger partial charge in [0.05, 0.1) is 20.8 Å². The Morgan fingerprint density at radius 1 is 1.29 bits per heavy atom. The van der Waals surface area contributed by atoms with E-state index in [1.807, 2.05) is 30.5 Å². The Kier molecular flexibility index (Phi) is 4.47. The van der Waals surface area contributed by atoms with Gasteiger partial charge in [0.15, 0.2) is 11.4 Å². The minimum Gasteiger partial charge on any atom is -0.497 e. The number of pyridine rings is 1. The van der Waals surface area contributed by atoms with Gasteiger partial charge in [0.2, 0.25) is 5.79 Å². The Balaban J connectivity index is 1.76. The summed E-state index contributed by atoms with van der Waals surface area (Å²) in [5.74, 6) is -0.124. The van der Waals surface area contributed by atoms with Crippen molar-refractivity contribution >= 4 is 16.9 Å². The van der Waals surface area contributed by atoms with E-state index in [0.717, 1.165) is 27.8 Å². The van der Waals surface area contributed by atoms with E-state index < -0.39 is 11.8 Å². The number of ether oxygens (including phenoxy) is 4. The van der Waals surface area contributed by atoms with Crippen molar-refractivity contribution in [2.24, 2.45) is 0 Å². The van der Waals surface area contributed by atoms with Crippen molar-refractivity contribution in [2.75, 3.05) is 14.2 Å². The van der Waals surface area contributed by atoms with Crippen LogP contribution in [0.15, 0.2) is 36.7 Å². The summed E-state index contributed by atoms with van der Waals surface area (Å²) in [6.45, 7) is 4.50. The molecule has 3 aromatic rings. The van der Waals surface area contributed by atoms with Gasteiger partial charge < -0.3 is 23.5 Å². The summed E-state index contributed by atoms with van der Waals surface area (Å²) in [5.41, 5.74) is 2.97. The molecule has 7 heteroatoms. The van der Waals surface area contributed by atoms with Crippen molar-refractivity contribution in [1.29, 1.82) is 0 Å². The van der Waals surface area contributed by atoms with Crippen LogP contribution in [-0.4, -0.2) is 35.5 Å². The first-order chi connectivity index (χ1) is 13.4. The number of carbonyl (C=O) groups excluding carboxylic acids is 1. The predicted octanol–water partition coefficient (Wildman–Crippen LogP) is 3.52. The summed E-state index contributed by atoms with van der Waals surface area (Å²) < 4.78 is 24.0. The second-order valence-corrected chi connectivity index (χ2v) is 7.09. The Morgan fingerprint density at radius 2 is 2.11 bits per heavy atom. The molecule has 0 unspecified atom stereocenters. The Hall–Kier alpha value is -3.06. The van der Waals surface area contributed by atoms with E-state index >= 15 is 0 Å². The average Bonchev–Trinajstić information content (AvgIpc) is 3.08. The first-order valence-corrected chi connectivity index (χ1v) is 8.97. The predicted molar refractivity (Wildman–Crippen MR) is 103 cm³/mol. The number of esters is 1. The molecule has 2 aromatic heterocycles. The molecule has 7 nitrogen and oxygen atoms in total. The van der Waals surface area contributed by atoms with Crippen LogP contribution in [-0.2, 0) is 22.6 Å². The number of fused-ring (bicyclic) bond motifs is 2. The van der Waals surface area contributed by atoms with E-state index in [0.29, 0.717) is 18.9 Å². The number of aromatic nitrogens is 2. The van der Waals surface area contributed by atoms with E-state index in [9.17, 15) is 4.79 Å². The third-order valence-electron chi connectivity index (χ3n) is 4.84. The van der Waals surface area contributed by atoms with E-state index in [2.05, 4.69) is 9.55 Å². The van der Waals surface area contributed by atoms with Gasteiger partial charge in [-0.2, -0.15) is 0 Å². The van der Waals surface area contributed by atoms with Crippen LogP contribution in [0.2, 0.25) is 0 Å². The van der Waals surface area contributed by atoms with Gasteiger partial charge in [-0.25, -0.2) is 9.78 Å². The molecule has 4 rings (SSSR count). The highest BCUT2D eigenvalue weighted by molar-refractivity contribution is 5.91. The second kappa shape index (κ2) is 6.83. The van der Waals surface area contributed by atoms with E-state index in [4.69, 9.17) is 18.9 Å². The van der Waals surface area contributed by atoms with Crippen LogP contribution in [0.25, 0.3) is 10.9 Å². The van der Waals surface area contributed by atoms with Crippen molar-refractivity contribution < 1.29 is 23.7 Å². The first kappa shape index (κ1) is 18.3. The van der Waals surface area contributed by atoms with Gasteiger partial charge in [-0.1, -0.05) is 0 Å². The molecule has 0 bridgehead atoms. The maximum atomic E-state index is 12.1. The molecule has 0 saturated carbocycles. The van der Waals surface area contributed by atoms with Crippen LogP contribution >= 0.6 is 0 Å². The molecule has 0 N–H and O–H groups in total. The molecule has 0 saturated heterocycles. The Morgan fingerprint density at radius 3 is 2.86 bits per heavy atom. The number of nitrogens with zero attached hydrogens (tertiary/aromatic N) is 2. The van der Waals surface area contributed by atoms with E-state index in [1.54, 1.807) is 27.2 Å². The number of hydrogen-bond donors (Lipinski definition) is 0. The van der Waals surface area contributed by atoms with E-state index in [1.165, 1.54) is 7.11 Å². The number of rotatable bonds is 4. The van der Waals surface area contributed by atoms with Crippen LogP contribution in [0.5, 0.6) is 11.5 Å². The van der Waals surface area contributed by atoms with Gasteiger partial charge in [0.1, 0.15) is 5.75 Å². The van der Waals surface area contributed by atoms with Crippen molar-refractivity contribution in [3.05, 3.63) is 53.5 Å². The lowest BCUT2D eigenvalue weighted by Crippen LogP contribution is -2.37. The third kappa shape index (κ3) is 3.18. The number of methoxy groups -OCH3 is 2. The first-order valence-electron chi connectivity index (χ1n) is 8.97. The highest BCUT2D eigenvalue weighted by Crippen LogP contribution is 2.36. The maximum absolute atomic E-state index is 12.1. The molecule has 1 aliphatic heterocycles. The summed E-state index contributed by atoms with van der Waals surface area (Å²) in [6.07, 6.45) is 3.70. The largest absolute Gasteiger partial charge is 0.497 e. The zero-order chi connectivity index (χ0) is 19.9. The fourth-order valence-corrected chi connectivity index (χ4v) is 3.36. The highest BCUT2D eigenvalue weighted by Gasteiger charge is 2.33. The second-order valence-electron chi connectivity index (χ2n) is 7.09. The molecular formula is C21H22N2O5. The van der Waals surface area contributed by atoms with Crippen molar-refractivity contribution in [2.45, 2.75) is 32.8 Å². The molecule has 0 fully saturated rings. The van der Waals surface area contributed by atoms with Gasteiger partial charge in [-0.05, 0) is 29.8 Å². The van der Waals surface area contributed by atoms with Crippen LogP contribution in [0.3, 0.4) is 0 Å². The molecule has 0 aliphatic carbocycles. The van der Waals surface area contributed by atoms with Crippen molar-refractivity contribution in [1.82, 2.24) is 9.55 Å². The van der Waals surface area contributed by atoms with Gasteiger partial charge in [0, 0.05) is 49.3 Å². The lowest BCUT2D eigenvalue weighted by molar-refractivity contribution is -0.180. The molecule has 3 heterocycles. The van der Waals surface area contributed by atoms with Gasteiger partial charge >= 0.3 is 5.97 Å².